The topological polar surface area (TPSA) is 72.1 Å². The lowest BCUT2D eigenvalue weighted by molar-refractivity contribution is -0.116. The first-order valence-corrected chi connectivity index (χ1v) is 9.49. The van der Waals surface area contributed by atoms with Crippen molar-refractivity contribution < 1.29 is 13.7 Å². The number of nitrogens with zero attached hydrogens (tertiary/aromatic N) is 4. The summed E-state index contributed by atoms with van der Waals surface area (Å²) >= 11 is 12.2. The third-order valence-electron chi connectivity index (χ3n) is 4.31. The van der Waals surface area contributed by atoms with E-state index >= 15 is 0 Å². The van der Waals surface area contributed by atoms with Gasteiger partial charge >= 0.3 is 0 Å². The Balaban J connectivity index is 1.95. The van der Waals surface area contributed by atoms with Crippen molar-refractivity contribution in [3.63, 3.8) is 0 Å². The highest BCUT2D eigenvalue weighted by molar-refractivity contribution is 6.42. The van der Waals surface area contributed by atoms with Crippen molar-refractivity contribution in [2.24, 2.45) is 0 Å². The van der Waals surface area contributed by atoms with Crippen LogP contribution in [-0.4, -0.2) is 21.0 Å². The Morgan fingerprint density at radius 3 is 2.47 bits per heavy atom. The zero-order valence-electron chi connectivity index (χ0n) is 15.5. The van der Waals surface area contributed by atoms with Crippen LogP contribution in [-0.2, 0) is 4.79 Å². The van der Waals surface area contributed by atoms with Crippen molar-refractivity contribution in [2.75, 3.05) is 4.90 Å². The second-order valence-corrected chi connectivity index (χ2v) is 7.08. The molecule has 0 N–H and O–H groups in total. The Labute approximate surface area is 180 Å². The maximum absolute atomic E-state index is 13.4. The molecule has 0 spiro atoms. The van der Waals surface area contributed by atoms with Crippen molar-refractivity contribution >= 4 is 40.7 Å². The van der Waals surface area contributed by atoms with E-state index in [1.54, 1.807) is 42.6 Å². The number of hydrogen-bond donors (Lipinski definition) is 0. The van der Waals surface area contributed by atoms with Gasteiger partial charge in [0, 0.05) is 18.7 Å². The van der Waals surface area contributed by atoms with E-state index in [-0.39, 0.29) is 22.6 Å². The molecule has 0 fully saturated rings. The maximum Gasteiger partial charge on any atom is 0.248 e. The summed E-state index contributed by atoms with van der Waals surface area (Å²) in [6, 6.07) is 12.2. The van der Waals surface area contributed by atoms with E-state index in [1.807, 2.05) is 0 Å². The van der Waals surface area contributed by atoms with Crippen LogP contribution < -0.4 is 4.90 Å². The molecule has 4 aromatic rings. The van der Waals surface area contributed by atoms with E-state index < -0.39 is 0 Å². The lowest BCUT2D eigenvalue weighted by atomic mass is 10.0. The minimum absolute atomic E-state index is 0.138. The van der Waals surface area contributed by atoms with Crippen molar-refractivity contribution in [3.8, 4) is 22.5 Å². The fraction of sp³-hybridized carbons (Fsp3) is 0.0476. The monoisotopic (exact) mass is 442 g/mol. The SMILES string of the molecule is CC(=O)N(c1ccc(Cl)c(Cl)c1)c1onc(-c2ccc(F)cc2)c1-c1ccncn1. The van der Waals surface area contributed by atoms with Crippen LogP contribution in [0, 0.1) is 5.82 Å². The third kappa shape index (κ3) is 3.77. The Bertz CT molecular complexity index is 1210. The van der Waals surface area contributed by atoms with E-state index in [9.17, 15) is 9.18 Å². The molecule has 0 aliphatic rings. The largest absolute Gasteiger partial charge is 0.336 e. The van der Waals surface area contributed by atoms with Crippen LogP contribution in [0.3, 0.4) is 0 Å². The predicted molar refractivity (Wildman–Crippen MR) is 112 cm³/mol. The van der Waals surface area contributed by atoms with Crippen LogP contribution in [0.4, 0.5) is 16.0 Å². The van der Waals surface area contributed by atoms with Crippen molar-refractivity contribution in [3.05, 3.63) is 76.9 Å². The van der Waals surface area contributed by atoms with Crippen molar-refractivity contribution in [2.45, 2.75) is 6.92 Å². The summed E-state index contributed by atoms with van der Waals surface area (Å²) in [7, 11) is 0. The molecule has 0 saturated carbocycles. The zero-order chi connectivity index (χ0) is 21.3. The smallest absolute Gasteiger partial charge is 0.248 e. The Morgan fingerprint density at radius 2 is 1.83 bits per heavy atom. The molecule has 0 unspecified atom stereocenters. The molecule has 30 heavy (non-hydrogen) atoms. The average molecular weight is 443 g/mol. The van der Waals surface area contributed by atoms with Gasteiger partial charge in [0.15, 0.2) is 0 Å². The van der Waals surface area contributed by atoms with Gasteiger partial charge in [-0.05, 0) is 48.5 Å². The van der Waals surface area contributed by atoms with Gasteiger partial charge in [0.25, 0.3) is 0 Å². The first-order chi connectivity index (χ1) is 14.5. The summed E-state index contributed by atoms with van der Waals surface area (Å²) in [6.07, 6.45) is 2.93. The summed E-state index contributed by atoms with van der Waals surface area (Å²) < 4.78 is 19.0. The van der Waals surface area contributed by atoms with Crippen LogP contribution >= 0.6 is 23.2 Å². The average Bonchev–Trinajstić information content (AvgIpc) is 3.16. The molecule has 2 aromatic carbocycles. The van der Waals surface area contributed by atoms with E-state index in [2.05, 4.69) is 15.1 Å². The molecule has 0 aliphatic heterocycles. The summed E-state index contributed by atoms with van der Waals surface area (Å²) in [6.45, 7) is 1.38. The Kier molecular flexibility index (Phi) is 5.48. The molecule has 0 aliphatic carbocycles. The summed E-state index contributed by atoms with van der Waals surface area (Å²) in [4.78, 5) is 22.1. The number of rotatable bonds is 4. The number of anilines is 2. The number of benzene rings is 2. The van der Waals surface area contributed by atoms with Gasteiger partial charge in [-0.25, -0.2) is 19.3 Å². The third-order valence-corrected chi connectivity index (χ3v) is 5.05. The van der Waals surface area contributed by atoms with Gasteiger partial charge in [-0.3, -0.25) is 4.79 Å². The molecule has 2 heterocycles. The normalized spacial score (nSPS) is 10.8. The molecule has 150 valence electrons. The molecular formula is C21H13Cl2FN4O2. The number of carbonyl (C=O) groups excluding carboxylic acids is 1. The van der Waals surface area contributed by atoms with Gasteiger partial charge < -0.3 is 4.52 Å². The summed E-state index contributed by atoms with van der Waals surface area (Å²) in [5.41, 5.74) is 2.36. The minimum Gasteiger partial charge on any atom is -0.336 e. The van der Waals surface area contributed by atoms with Crippen LogP contribution in [0.15, 0.2) is 65.6 Å². The van der Waals surface area contributed by atoms with E-state index in [4.69, 9.17) is 27.7 Å². The fourth-order valence-electron chi connectivity index (χ4n) is 2.97. The lowest BCUT2D eigenvalue weighted by Crippen LogP contribution is -2.23. The maximum atomic E-state index is 13.4. The Hall–Kier alpha value is -3.29. The van der Waals surface area contributed by atoms with Gasteiger partial charge in [-0.1, -0.05) is 28.4 Å². The predicted octanol–water partition coefficient (Wildman–Crippen LogP) is 5.93. The standard InChI is InChI=1S/C21H13Cl2FN4O2/c1-12(29)28(15-6-7-16(22)17(23)10-15)21-19(18-8-9-25-11-26-18)20(27-30-21)13-2-4-14(24)5-3-13/h2-11H,1H3. The Morgan fingerprint density at radius 1 is 1.07 bits per heavy atom. The molecule has 4 rings (SSSR count). The van der Waals surface area contributed by atoms with Gasteiger partial charge in [-0.2, -0.15) is 0 Å². The molecule has 1 amide bonds. The van der Waals surface area contributed by atoms with Crippen LogP contribution in [0.25, 0.3) is 22.5 Å². The molecule has 0 saturated heterocycles. The van der Waals surface area contributed by atoms with E-state index in [0.717, 1.165) is 0 Å². The van der Waals surface area contributed by atoms with Gasteiger partial charge in [0.1, 0.15) is 17.8 Å². The molecule has 6 nitrogen and oxygen atoms in total. The number of carbonyl (C=O) groups is 1. The highest BCUT2D eigenvalue weighted by atomic mass is 35.5. The number of hydrogen-bond acceptors (Lipinski definition) is 5. The molecule has 0 radical (unpaired) electrons. The molecular weight excluding hydrogens is 430 g/mol. The van der Waals surface area contributed by atoms with Gasteiger partial charge in [-0.15, -0.1) is 0 Å². The highest BCUT2D eigenvalue weighted by Gasteiger charge is 2.28. The fourth-order valence-corrected chi connectivity index (χ4v) is 3.27. The van der Waals surface area contributed by atoms with E-state index in [0.29, 0.717) is 33.2 Å². The number of halogens is 3. The minimum atomic E-state index is -0.382. The first kappa shape index (κ1) is 20.0. The van der Waals surface area contributed by atoms with Gasteiger partial charge in [0.05, 0.1) is 27.0 Å². The summed E-state index contributed by atoms with van der Waals surface area (Å²) in [5, 5.41) is 4.78. The van der Waals surface area contributed by atoms with Crippen LogP contribution in [0.5, 0.6) is 0 Å². The number of amides is 1. The second kappa shape index (κ2) is 8.22. The molecule has 2 aromatic heterocycles. The highest BCUT2D eigenvalue weighted by Crippen LogP contribution is 2.42. The van der Waals surface area contributed by atoms with Crippen LogP contribution in [0.2, 0.25) is 10.0 Å². The second-order valence-electron chi connectivity index (χ2n) is 6.27. The van der Waals surface area contributed by atoms with Crippen LogP contribution in [0.1, 0.15) is 6.92 Å². The van der Waals surface area contributed by atoms with Gasteiger partial charge in [0.2, 0.25) is 11.8 Å². The van der Waals surface area contributed by atoms with Crippen molar-refractivity contribution in [1.82, 2.24) is 15.1 Å². The van der Waals surface area contributed by atoms with E-state index in [1.165, 1.54) is 30.3 Å². The quantitative estimate of drug-likeness (QED) is 0.391. The zero-order valence-corrected chi connectivity index (χ0v) is 17.0. The van der Waals surface area contributed by atoms with Crippen molar-refractivity contribution in [1.29, 1.82) is 0 Å². The first-order valence-electron chi connectivity index (χ1n) is 8.73. The molecule has 0 bridgehead atoms. The summed E-state index contributed by atoms with van der Waals surface area (Å²) in [5.74, 6) is -0.586. The lowest BCUT2D eigenvalue weighted by Gasteiger charge is -2.19. The molecule has 0 atom stereocenters. The molecule has 9 heteroatoms. The number of aromatic nitrogens is 3.